The molecule has 1 aliphatic heterocycles. The van der Waals surface area contributed by atoms with E-state index in [9.17, 15) is 0 Å². The highest BCUT2D eigenvalue weighted by atomic mass is 35.5. The molecule has 0 fully saturated rings. The third-order valence-corrected chi connectivity index (χ3v) is 7.96. The van der Waals surface area contributed by atoms with Crippen LogP contribution in [0.1, 0.15) is 0 Å². The highest BCUT2D eigenvalue weighted by Gasteiger charge is 2.30. The van der Waals surface area contributed by atoms with Crippen molar-refractivity contribution >= 4 is 116 Å². The minimum absolute atomic E-state index is 0.144. The van der Waals surface area contributed by atoms with Crippen LogP contribution in [-0.2, 0) is 0 Å². The Kier molecular flexibility index (Phi) is 5.10. The van der Waals surface area contributed by atoms with Crippen LogP contribution in [0.25, 0.3) is 0 Å². The standard InChI is InChI=1S/C12HCl8NS/c13-1-3(15)7(19)11-9(5(1)17)21-10-6(18)2(14)4(16)8(20)12(10)22-11/h21H. The molecule has 116 valence electrons. The largest absolute Gasteiger partial charge is 0.351 e. The fourth-order valence-corrected chi connectivity index (χ4v) is 5.22. The van der Waals surface area contributed by atoms with Crippen LogP contribution in [0.3, 0.4) is 0 Å². The van der Waals surface area contributed by atoms with Gasteiger partial charge in [-0.1, -0.05) is 105 Å². The van der Waals surface area contributed by atoms with E-state index in [0.29, 0.717) is 21.2 Å². The molecule has 0 aromatic heterocycles. The van der Waals surface area contributed by atoms with Crippen LogP contribution in [0, 0.1) is 0 Å². The quantitative estimate of drug-likeness (QED) is 0.257. The molecule has 1 nitrogen and oxygen atoms in total. The van der Waals surface area contributed by atoms with E-state index in [1.54, 1.807) is 0 Å². The summed E-state index contributed by atoms with van der Waals surface area (Å²) in [4.78, 5) is 1.15. The zero-order valence-corrected chi connectivity index (χ0v) is 16.8. The third-order valence-electron chi connectivity index (χ3n) is 2.90. The Labute approximate surface area is 170 Å². The number of nitrogens with one attached hydrogen (secondary N) is 1. The van der Waals surface area contributed by atoms with Gasteiger partial charge in [0.1, 0.15) is 0 Å². The average Bonchev–Trinajstić information content (AvgIpc) is 2.52. The predicted octanol–water partition coefficient (Wildman–Crippen LogP) is 9.12. The molecule has 1 heterocycles. The summed E-state index contributed by atoms with van der Waals surface area (Å²) >= 11 is 50.5. The Morgan fingerprint density at radius 1 is 0.455 bits per heavy atom. The van der Waals surface area contributed by atoms with Gasteiger partial charge in [0.25, 0.3) is 0 Å². The number of rotatable bonds is 0. The van der Waals surface area contributed by atoms with Crippen LogP contribution in [-0.4, -0.2) is 0 Å². The molecule has 2 aromatic rings. The average molecular weight is 475 g/mol. The topological polar surface area (TPSA) is 12.0 Å². The molecule has 0 atom stereocenters. The smallest absolute Gasteiger partial charge is 0.0855 e. The lowest BCUT2D eigenvalue weighted by molar-refractivity contribution is 1.31. The van der Waals surface area contributed by atoms with Gasteiger partial charge in [-0.05, 0) is 0 Å². The lowest BCUT2D eigenvalue weighted by atomic mass is 10.2. The summed E-state index contributed by atoms with van der Waals surface area (Å²) in [6.45, 7) is 0. The molecule has 0 amide bonds. The molecule has 0 radical (unpaired) electrons. The van der Waals surface area contributed by atoms with Crippen molar-refractivity contribution in [1.82, 2.24) is 0 Å². The summed E-state index contributed by atoms with van der Waals surface area (Å²) in [7, 11) is 0. The van der Waals surface area contributed by atoms with Crippen molar-refractivity contribution in [2.75, 3.05) is 5.32 Å². The highest BCUT2D eigenvalue weighted by Crippen LogP contribution is 2.59. The van der Waals surface area contributed by atoms with Crippen LogP contribution in [0.5, 0.6) is 0 Å². The maximum absolute atomic E-state index is 6.25. The van der Waals surface area contributed by atoms with Gasteiger partial charge in [-0.25, -0.2) is 0 Å². The Bertz CT molecular complexity index is 700. The summed E-state index contributed by atoms with van der Waals surface area (Å²) in [5.41, 5.74) is 0.963. The van der Waals surface area contributed by atoms with E-state index in [-0.39, 0.29) is 40.2 Å². The molecule has 0 bridgehead atoms. The first kappa shape index (κ1) is 17.7. The van der Waals surface area contributed by atoms with Gasteiger partial charge in [0.15, 0.2) is 0 Å². The summed E-state index contributed by atoms with van der Waals surface area (Å²) in [6, 6.07) is 0. The Hall–Kier alpha value is 0.910. The van der Waals surface area contributed by atoms with E-state index in [2.05, 4.69) is 5.32 Å². The van der Waals surface area contributed by atoms with Gasteiger partial charge in [0.05, 0.1) is 61.3 Å². The maximum Gasteiger partial charge on any atom is 0.0855 e. The van der Waals surface area contributed by atoms with Crippen LogP contribution < -0.4 is 5.32 Å². The lowest BCUT2D eigenvalue weighted by Crippen LogP contribution is -2.04. The second-order valence-corrected chi connectivity index (χ2v) is 8.19. The Morgan fingerprint density at radius 3 is 1.14 bits per heavy atom. The second-order valence-electron chi connectivity index (χ2n) is 4.15. The van der Waals surface area contributed by atoms with E-state index in [1.165, 1.54) is 11.8 Å². The van der Waals surface area contributed by atoms with Gasteiger partial charge in [-0.2, -0.15) is 0 Å². The van der Waals surface area contributed by atoms with E-state index < -0.39 is 0 Å². The number of anilines is 2. The van der Waals surface area contributed by atoms with Gasteiger partial charge < -0.3 is 5.32 Å². The molecule has 0 unspecified atom stereocenters. The minimum Gasteiger partial charge on any atom is -0.351 e. The van der Waals surface area contributed by atoms with Crippen molar-refractivity contribution in [3.05, 3.63) is 40.2 Å². The van der Waals surface area contributed by atoms with Gasteiger partial charge in [0.2, 0.25) is 0 Å². The van der Waals surface area contributed by atoms with E-state index in [4.69, 9.17) is 92.8 Å². The summed E-state index contributed by atoms with van der Waals surface area (Å²) < 4.78 is 0. The second kappa shape index (κ2) is 6.33. The molecule has 0 aliphatic carbocycles. The number of hydrogen-bond acceptors (Lipinski definition) is 2. The maximum atomic E-state index is 6.25. The van der Waals surface area contributed by atoms with Crippen LogP contribution >= 0.6 is 105 Å². The fraction of sp³-hybridized carbons (Fsp3) is 0. The van der Waals surface area contributed by atoms with E-state index in [1.807, 2.05) is 0 Å². The predicted molar refractivity (Wildman–Crippen MR) is 100 cm³/mol. The van der Waals surface area contributed by atoms with Crippen molar-refractivity contribution < 1.29 is 0 Å². The van der Waals surface area contributed by atoms with Gasteiger partial charge in [0, 0.05) is 0 Å². The van der Waals surface area contributed by atoms with Crippen molar-refractivity contribution in [1.29, 1.82) is 0 Å². The van der Waals surface area contributed by atoms with E-state index in [0.717, 1.165) is 0 Å². The van der Waals surface area contributed by atoms with Crippen LogP contribution in [0.15, 0.2) is 9.79 Å². The van der Waals surface area contributed by atoms with Gasteiger partial charge in [-0.15, -0.1) is 0 Å². The summed E-state index contributed by atoms with van der Waals surface area (Å²) in [5, 5.41) is 4.63. The number of fused-ring (bicyclic) bond motifs is 2. The highest BCUT2D eigenvalue weighted by molar-refractivity contribution is 8.00. The van der Waals surface area contributed by atoms with Crippen molar-refractivity contribution in [3.63, 3.8) is 0 Å². The van der Waals surface area contributed by atoms with Gasteiger partial charge in [-0.3, -0.25) is 0 Å². The first-order chi connectivity index (χ1) is 10.3. The molecule has 1 N–H and O–H groups in total. The zero-order valence-electron chi connectivity index (χ0n) is 9.93. The third kappa shape index (κ3) is 2.56. The number of benzene rings is 2. The SMILES string of the molecule is Clc1c(Cl)c(Cl)c2c(c1Cl)Nc1c(Cl)c(Cl)c(Cl)c(Cl)c1S2. The number of hydrogen-bond donors (Lipinski definition) is 1. The minimum atomic E-state index is 0.144. The van der Waals surface area contributed by atoms with Crippen LogP contribution in [0.4, 0.5) is 11.4 Å². The monoisotopic (exact) mass is 471 g/mol. The molecule has 0 saturated carbocycles. The zero-order chi connectivity index (χ0) is 16.3. The Morgan fingerprint density at radius 2 is 0.773 bits per heavy atom. The van der Waals surface area contributed by atoms with Gasteiger partial charge >= 0.3 is 0 Å². The van der Waals surface area contributed by atoms with Crippen molar-refractivity contribution in [2.45, 2.75) is 9.79 Å². The molecule has 10 heteroatoms. The summed E-state index contributed by atoms with van der Waals surface area (Å²) in [5.74, 6) is 0. The van der Waals surface area contributed by atoms with Crippen LogP contribution in [0.2, 0.25) is 40.2 Å². The molecule has 1 aliphatic rings. The number of halogens is 8. The molecule has 0 saturated heterocycles. The lowest BCUT2D eigenvalue weighted by Gasteiger charge is -2.26. The molecule has 2 aromatic carbocycles. The van der Waals surface area contributed by atoms with Crippen molar-refractivity contribution in [3.8, 4) is 0 Å². The first-order valence-electron chi connectivity index (χ1n) is 5.42. The molecular weight excluding hydrogens is 474 g/mol. The Balaban J connectivity index is 2.32. The normalized spacial score (nSPS) is 12.7. The first-order valence-corrected chi connectivity index (χ1v) is 9.26. The van der Waals surface area contributed by atoms with E-state index >= 15 is 0 Å². The van der Waals surface area contributed by atoms with Crippen molar-refractivity contribution in [2.24, 2.45) is 0 Å². The summed E-state index contributed by atoms with van der Waals surface area (Å²) in [6.07, 6.45) is 0. The fourth-order valence-electron chi connectivity index (χ4n) is 1.87. The molecular formula is C12HCl8NS. The molecule has 22 heavy (non-hydrogen) atoms. The molecule has 3 rings (SSSR count). The molecule has 0 spiro atoms.